The third kappa shape index (κ3) is 1.02. The Morgan fingerprint density at radius 1 is 1.67 bits per heavy atom. The first-order valence-electron chi connectivity index (χ1n) is 2.81. The van der Waals surface area contributed by atoms with Crippen LogP contribution < -0.4 is 0 Å². The number of carbonyl (C=O) groups excluding carboxylic acids is 1. The second kappa shape index (κ2) is 2.05. The van der Waals surface area contributed by atoms with Crippen molar-refractivity contribution in [3.63, 3.8) is 0 Å². The Hall–Kier alpha value is -1.05. The van der Waals surface area contributed by atoms with E-state index in [2.05, 4.69) is 0 Å². The fourth-order valence-electron chi connectivity index (χ4n) is 0.753. The molecule has 0 N–H and O–H groups in total. The van der Waals surface area contributed by atoms with Gasteiger partial charge in [0.1, 0.15) is 5.76 Å². The number of rotatable bonds is 0. The summed E-state index contributed by atoms with van der Waals surface area (Å²) in [6.07, 6.45) is 3.26. The third-order valence-corrected chi connectivity index (χ3v) is 1.20. The molecule has 0 saturated heterocycles. The van der Waals surface area contributed by atoms with Gasteiger partial charge < -0.3 is 4.74 Å². The van der Waals surface area contributed by atoms with Crippen LogP contribution in [-0.4, -0.2) is 5.97 Å². The summed E-state index contributed by atoms with van der Waals surface area (Å²) in [5.41, 5.74) is 0.905. The summed E-state index contributed by atoms with van der Waals surface area (Å²) in [5, 5.41) is 0. The minimum absolute atomic E-state index is 0.263. The van der Waals surface area contributed by atoms with Crippen LogP contribution in [0.15, 0.2) is 23.5 Å². The van der Waals surface area contributed by atoms with Crippen molar-refractivity contribution in [1.82, 2.24) is 0 Å². The van der Waals surface area contributed by atoms with E-state index in [0.29, 0.717) is 5.76 Å². The van der Waals surface area contributed by atoms with Crippen molar-refractivity contribution in [2.24, 2.45) is 0 Å². The molecule has 0 aromatic rings. The molecule has 1 heterocycles. The van der Waals surface area contributed by atoms with Gasteiger partial charge in [-0.15, -0.1) is 0 Å². The van der Waals surface area contributed by atoms with Gasteiger partial charge in [0.25, 0.3) is 0 Å². The summed E-state index contributed by atoms with van der Waals surface area (Å²) < 4.78 is 4.75. The normalized spacial score (nSPS) is 22.2. The van der Waals surface area contributed by atoms with Gasteiger partial charge in [-0.05, 0) is 25.5 Å². The van der Waals surface area contributed by atoms with E-state index in [-0.39, 0.29) is 5.97 Å². The fourth-order valence-corrected chi connectivity index (χ4v) is 0.753. The Labute approximate surface area is 53.8 Å². The SMILES string of the molecule is CC=C1OC(=O)C=C1C. The van der Waals surface area contributed by atoms with Crippen LogP contribution in [0.25, 0.3) is 0 Å². The van der Waals surface area contributed by atoms with Gasteiger partial charge in [-0.1, -0.05) is 0 Å². The first kappa shape index (κ1) is 6.08. The lowest BCUT2D eigenvalue weighted by atomic mass is 10.2. The highest BCUT2D eigenvalue weighted by molar-refractivity contribution is 5.88. The van der Waals surface area contributed by atoms with Gasteiger partial charge in [-0.3, -0.25) is 0 Å². The van der Waals surface area contributed by atoms with Crippen LogP contribution in [0, 0.1) is 0 Å². The number of esters is 1. The minimum Gasteiger partial charge on any atom is -0.423 e. The quantitative estimate of drug-likeness (QED) is 0.456. The zero-order valence-corrected chi connectivity index (χ0v) is 5.47. The van der Waals surface area contributed by atoms with Crippen LogP contribution in [0.1, 0.15) is 13.8 Å². The number of cyclic esters (lactones) is 1. The van der Waals surface area contributed by atoms with Gasteiger partial charge in [0.15, 0.2) is 0 Å². The number of ether oxygens (including phenoxy) is 1. The van der Waals surface area contributed by atoms with E-state index in [1.54, 1.807) is 6.08 Å². The van der Waals surface area contributed by atoms with Gasteiger partial charge in [0.2, 0.25) is 0 Å². The fraction of sp³-hybridized carbons (Fsp3) is 0.286. The number of hydrogen-bond acceptors (Lipinski definition) is 2. The molecule has 48 valence electrons. The standard InChI is InChI=1S/C7H8O2/c1-3-6-5(2)4-7(8)9-6/h3-4H,1-2H3. The molecule has 2 nitrogen and oxygen atoms in total. The molecule has 0 aromatic heterocycles. The average molecular weight is 124 g/mol. The molecule has 0 radical (unpaired) electrons. The lowest BCUT2D eigenvalue weighted by Crippen LogP contribution is -1.89. The zero-order chi connectivity index (χ0) is 6.85. The molecule has 0 saturated carbocycles. The average Bonchev–Trinajstić information content (AvgIpc) is 2.10. The lowest BCUT2D eigenvalue weighted by molar-refractivity contribution is -0.132. The van der Waals surface area contributed by atoms with Crippen molar-refractivity contribution in [2.75, 3.05) is 0 Å². The van der Waals surface area contributed by atoms with Crippen molar-refractivity contribution in [2.45, 2.75) is 13.8 Å². The summed E-state index contributed by atoms with van der Waals surface area (Å²) in [7, 11) is 0. The van der Waals surface area contributed by atoms with Crippen molar-refractivity contribution in [1.29, 1.82) is 0 Å². The third-order valence-electron chi connectivity index (χ3n) is 1.20. The Bertz CT molecular complexity index is 199. The molecule has 0 atom stereocenters. The molecule has 0 spiro atoms. The van der Waals surface area contributed by atoms with Gasteiger partial charge in [-0.2, -0.15) is 0 Å². The highest BCUT2D eigenvalue weighted by Gasteiger charge is 2.13. The summed E-state index contributed by atoms with van der Waals surface area (Å²) in [5.74, 6) is 0.417. The molecule has 0 aromatic carbocycles. The second-order valence-electron chi connectivity index (χ2n) is 1.90. The largest absolute Gasteiger partial charge is 0.423 e. The second-order valence-corrected chi connectivity index (χ2v) is 1.90. The van der Waals surface area contributed by atoms with Gasteiger partial charge in [0, 0.05) is 6.08 Å². The van der Waals surface area contributed by atoms with Crippen LogP contribution in [0.4, 0.5) is 0 Å². The molecule has 9 heavy (non-hydrogen) atoms. The molecule has 2 heteroatoms. The van der Waals surface area contributed by atoms with Crippen LogP contribution in [0.5, 0.6) is 0 Å². The maximum absolute atomic E-state index is 10.5. The predicted octanol–water partition coefficient (Wildman–Crippen LogP) is 1.39. The highest BCUT2D eigenvalue weighted by atomic mass is 16.5. The number of hydrogen-bond donors (Lipinski definition) is 0. The minimum atomic E-state index is -0.263. The number of allylic oxidation sites excluding steroid dienone is 2. The molecule has 0 amide bonds. The van der Waals surface area contributed by atoms with Crippen molar-refractivity contribution in [3.8, 4) is 0 Å². The summed E-state index contributed by atoms with van der Waals surface area (Å²) in [4.78, 5) is 10.5. The first-order chi connectivity index (χ1) is 4.24. The van der Waals surface area contributed by atoms with E-state index < -0.39 is 0 Å². The first-order valence-corrected chi connectivity index (χ1v) is 2.81. The molecule has 1 rings (SSSR count). The summed E-state index contributed by atoms with van der Waals surface area (Å²) >= 11 is 0. The van der Waals surface area contributed by atoms with Gasteiger partial charge in [0.05, 0.1) is 0 Å². The lowest BCUT2D eigenvalue weighted by Gasteiger charge is -1.94. The molecule has 0 bridgehead atoms. The number of carbonyl (C=O) groups is 1. The molecule has 1 aliphatic heterocycles. The Kier molecular flexibility index (Phi) is 1.39. The van der Waals surface area contributed by atoms with E-state index in [0.717, 1.165) is 5.57 Å². The highest BCUT2D eigenvalue weighted by Crippen LogP contribution is 2.17. The summed E-state index contributed by atoms with van der Waals surface area (Å²) in [6, 6.07) is 0. The Morgan fingerprint density at radius 3 is 2.56 bits per heavy atom. The van der Waals surface area contributed by atoms with E-state index in [9.17, 15) is 4.79 Å². The van der Waals surface area contributed by atoms with Crippen LogP contribution in [0.3, 0.4) is 0 Å². The monoisotopic (exact) mass is 124 g/mol. The van der Waals surface area contributed by atoms with Crippen molar-refractivity contribution < 1.29 is 9.53 Å². The maximum Gasteiger partial charge on any atom is 0.336 e. The van der Waals surface area contributed by atoms with E-state index in [1.807, 2.05) is 13.8 Å². The van der Waals surface area contributed by atoms with Crippen molar-refractivity contribution >= 4 is 5.97 Å². The smallest absolute Gasteiger partial charge is 0.336 e. The van der Waals surface area contributed by atoms with E-state index in [4.69, 9.17) is 4.74 Å². The molecule has 0 fully saturated rings. The Balaban J connectivity index is 2.89. The molecule has 0 unspecified atom stereocenters. The van der Waals surface area contributed by atoms with Crippen LogP contribution in [0.2, 0.25) is 0 Å². The van der Waals surface area contributed by atoms with Gasteiger partial charge >= 0.3 is 5.97 Å². The van der Waals surface area contributed by atoms with Crippen LogP contribution in [-0.2, 0) is 9.53 Å². The maximum atomic E-state index is 10.5. The summed E-state index contributed by atoms with van der Waals surface area (Å²) in [6.45, 7) is 3.69. The molecular formula is C7H8O2. The Morgan fingerprint density at radius 2 is 2.33 bits per heavy atom. The molecular weight excluding hydrogens is 116 g/mol. The zero-order valence-electron chi connectivity index (χ0n) is 5.47. The van der Waals surface area contributed by atoms with Crippen LogP contribution >= 0.6 is 0 Å². The van der Waals surface area contributed by atoms with E-state index >= 15 is 0 Å². The van der Waals surface area contributed by atoms with Gasteiger partial charge in [-0.25, -0.2) is 4.79 Å². The molecule has 1 aliphatic rings. The predicted molar refractivity (Wildman–Crippen MR) is 33.6 cm³/mol. The molecule has 0 aliphatic carbocycles. The topological polar surface area (TPSA) is 26.3 Å². The van der Waals surface area contributed by atoms with E-state index in [1.165, 1.54) is 6.08 Å². The van der Waals surface area contributed by atoms with Crippen molar-refractivity contribution in [3.05, 3.63) is 23.5 Å².